The summed E-state index contributed by atoms with van der Waals surface area (Å²) in [6.07, 6.45) is 0.855. The quantitative estimate of drug-likeness (QED) is 0.736. The molecule has 1 aromatic rings. The Kier molecular flexibility index (Phi) is 3.33. The minimum absolute atomic E-state index is 0.312. The van der Waals surface area contributed by atoms with Crippen LogP contribution in [0.1, 0.15) is 31.5 Å². The molecule has 1 aromatic heterocycles. The lowest BCUT2D eigenvalue weighted by atomic mass is 10.2. The highest BCUT2D eigenvalue weighted by Gasteiger charge is 2.20. The van der Waals surface area contributed by atoms with Gasteiger partial charge in [0, 0.05) is 26.1 Å². The predicted octanol–water partition coefficient (Wildman–Crippen LogP) is 0.521. The van der Waals surface area contributed by atoms with Crippen molar-refractivity contribution in [1.82, 2.24) is 20.1 Å². The Morgan fingerprint density at radius 2 is 2.40 bits per heavy atom. The van der Waals surface area contributed by atoms with Crippen molar-refractivity contribution in [3.8, 4) is 0 Å². The van der Waals surface area contributed by atoms with E-state index < -0.39 is 0 Å². The van der Waals surface area contributed by atoms with Gasteiger partial charge in [0.05, 0.1) is 12.6 Å². The van der Waals surface area contributed by atoms with Crippen LogP contribution in [0.3, 0.4) is 0 Å². The topological polar surface area (TPSA) is 52.0 Å². The molecule has 0 fully saturated rings. The van der Waals surface area contributed by atoms with Gasteiger partial charge in [-0.15, -0.1) is 10.2 Å². The van der Waals surface area contributed by atoms with E-state index in [0.717, 1.165) is 44.4 Å². The Bertz CT molecular complexity index is 323. The van der Waals surface area contributed by atoms with Gasteiger partial charge >= 0.3 is 0 Å². The van der Waals surface area contributed by atoms with Crippen LogP contribution in [0.25, 0.3) is 0 Å². The maximum absolute atomic E-state index is 5.33. The van der Waals surface area contributed by atoms with Crippen LogP contribution >= 0.6 is 0 Å². The molecule has 0 spiro atoms. The van der Waals surface area contributed by atoms with Crippen LogP contribution in [0.15, 0.2) is 0 Å². The minimum atomic E-state index is 0.312. The largest absolute Gasteiger partial charge is 0.381 e. The molecule has 0 amide bonds. The highest BCUT2D eigenvalue weighted by molar-refractivity contribution is 5.03. The molecule has 1 aliphatic heterocycles. The molecule has 5 nitrogen and oxygen atoms in total. The minimum Gasteiger partial charge on any atom is -0.381 e. The molecule has 0 aromatic carbocycles. The summed E-state index contributed by atoms with van der Waals surface area (Å²) in [7, 11) is 0. The van der Waals surface area contributed by atoms with E-state index in [-0.39, 0.29) is 0 Å². The SMILES string of the molecule is CCOCCc1nnc2n1CCNC2C. The number of ether oxygens (including phenoxy) is 1. The first kappa shape index (κ1) is 10.6. The average molecular weight is 210 g/mol. The van der Waals surface area contributed by atoms with Crippen molar-refractivity contribution < 1.29 is 4.74 Å². The van der Waals surface area contributed by atoms with Crippen LogP contribution in [0.4, 0.5) is 0 Å². The molecule has 2 rings (SSSR count). The molecule has 1 unspecified atom stereocenters. The van der Waals surface area contributed by atoms with E-state index in [9.17, 15) is 0 Å². The fourth-order valence-electron chi connectivity index (χ4n) is 1.89. The van der Waals surface area contributed by atoms with E-state index in [1.165, 1.54) is 0 Å². The number of hydrogen-bond donors (Lipinski definition) is 1. The summed E-state index contributed by atoms with van der Waals surface area (Å²) in [5, 5.41) is 11.8. The molecule has 0 saturated heterocycles. The van der Waals surface area contributed by atoms with Crippen LogP contribution < -0.4 is 5.32 Å². The summed E-state index contributed by atoms with van der Waals surface area (Å²) >= 11 is 0. The number of fused-ring (bicyclic) bond motifs is 1. The summed E-state index contributed by atoms with van der Waals surface area (Å²) in [4.78, 5) is 0. The van der Waals surface area contributed by atoms with E-state index in [2.05, 4.69) is 27.0 Å². The lowest BCUT2D eigenvalue weighted by Gasteiger charge is -2.21. The molecule has 15 heavy (non-hydrogen) atoms. The fraction of sp³-hybridized carbons (Fsp3) is 0.800. The van der Waals surface area contributed by atoms with E-state index in [1.54, 1.807) is 0 Å². The van der Waals surface area contributed by atoms with E-state index in [0.29, 0.717) is 6.04 Å². The maximum atomic E-state index is 5.33. The van der Waals surface area contributed by atoms with Gasteiger partial charge in [-0.1, -0.05) is 0 Å². The first-order chi connectivity index (χ1) is 7.33. The molecular weight excluding hydrogens is 192 g/mol. The molecular formula is C10H18N4O. The molecule has 1 N–H and O–H groups in total. The second kappa shape index (κ2) is 4.72. The molecule has 1 atom stereocenters. The van der Waals surface area contributed by atoms with Crippen molar-refractivity contribution in [2.75, 3.05) is 19.8 Å². The van der Waals surface area contributed by atoms with E-state index >= 15 is 0 Å². The van der Waals surface area contributed by atoms with Gasteiger partial charge in [-0.25, -0.2) is 0 Å². The molecule has 0 aliphatic carbocycles. The first-order valence-corrected chi connectivity index (χ1v) is 5.56. The Hall–Kier alpha value is -0.940. The van der Waals surface area contributed by atoms with Crippen molar-refractivity contribution in [2.24, 2.45) is 0 Å². The third-order valence-corrected chi connectivity index (χ3v) is 2.70. The van der Waals surface area contributed by atoms with Gasteiger partial charge in [0.25, 0.3) is 0 Å². The van der Waals surface area contributed by atoms with Crippen LogP contribution in [-0.2, 0) is 17.7 Å². The predicted molar refractivity (Wildman–Crippen MR) is 56.6 cm³/mol. The Labute approximate surface area is 89.8 Å². The van der Waals surface area contributed by atoms with Crippen molar-refractivity contribution in [1.29, 1.82) is 0 Å². The molecule has 0 radical (unpaired) electrons. The van der Waals surface area contributed by atoms with Gasteiger partial charge in [0.15, 0.2) is 0 Å². The Morgan fingerprint density at radius 1 is 1.53 bits per heavy atom. The third-order valence-electron chi connectivity index (χ3n) is 2.70. The summed E-state index contributed by atoms with van der Waals surface area (Å²) in [6, 6.07) is 0.312. The Balaban J connectivity index is 2.06. The molecule has 1 aliphatic rings. The van der Waals surface area contributed by atoms with Crippen molar-refractivity contribution in [3.05, 3.63) is 11.6 Å². The van der Waals surface area contributed by atoms with E-state index in [1.807, 2.05) is 6.92 Å². The van der Waals surface area contributed by atoms with Crippen LogP contribution in [-0.4, -0.2) is 34.5 Å². The highest BCUT2D eigenvalue weighted by atomic mass is 16.5. The second-order valence-corrected chi connectivity index (χ2v) is 3.75. The lowest BCUT2D eigenvalue weighted by molar-refractivity contribution is 0.148. The number of hydrogen-bond acceptors (Lipinski definition) is 4. The highest BCUT2D eigenvalue weighted by Crippen LogP contribution is 2.15. The maximum Gasteiger partial charge on any atom is 0.149 e. The number of nitrogens with one attached hydrogen (secondary N) is 1. The van der Waals surface area contributed by atoms with Gasteiger partial charge < -0.3 is 14.6 Å². The van der Waals surface area contributed by atoms with Crippen LogP contribution in [0.2, 0.25) is 0 Å². The first-order valence-electron chi connectivity index (χ1n) is 5.56. The molecule has 2 heterocycles. The van der Waals surface area contributed by atoms with Crippen LogP contribution in [0, 0.1) is 0 Å². The number of nitrogens with zero attached hydrogens (tertiary/aromatic N) is 3. The molecule has 5 heteroatoms. The summed E-state index contributed by atoms with van der Waals surface area (Å²) < 4.78 is 7.54. The zero-order valence-corrected chi connectivity index (χ0v) is 9.36. The van der Waals surface area contributed by atoms with Gasteiger partial charge in [-0.2, -0.15) is 0 Å². The zero-order chi connectivity index (χ0) is 10.7. The lowest BCUT2D eigenvalue weighted by Crippen LogP contribution is -2.32. The molecule has 0 saturated carbocycles. The van der Waals surface area contributed by atoms with Crippen LogP contribution in [0.5, 0.6) is 0 Å². The average Bonchev–Trinajstić information content (AvgIpc) is 2.64. The fourth-order valence-corrected chi connectivity index (χ4v) is 1.89. The van der Waals surface area contributed by atoms with E-state index in [4.69, 9.17) is 4.74 Å². The molecule has 0 bridgehead atoms. The standard InChI is InChI=1S/C10H18N4O/c1-3-15-7-4-9-12-13-10-8(2)11-5-6-14(9)10/h8,11H,3-7H2,1-2H3. The number of rotatable bonds is 4. The van der Waals surface area contributed by atoms with Gasteiger partial charge in [-0.3, -0.25) is 0 Å². The van der Waals surface area contributed by atoms with Gasteiger partial charge in [-0.05, 0) is 13.8 Å². The Morgan fingerprint density at radius 3 is 3.20 bits per heavy atom. The van der Waals surface area contributed by atoms with Crippen molar-refractivity contribution in [3.63, 3.8) is 0 Å². The van der Waals surface area contributed by atoms with Crippen molar-refractivity contribution in [2.45, 2.75) is 32.9 Å². The number of aromatic nitrogens is 3. The summed E-state index contributed by atoms with van der Waals surface area (Å²) in [5.74, 6) is 2.10. The monoisotopic (exact) mass is 210 g/mol. The summed E-state index contributed by atoms with van der Waals surface area (Å²) in [5.41, 5.74) is 0. The molecule has 84 valence electrons. The second-order valence-electron chi connectivity index (χ2n) is 3.75. The third kappa shape index (κ3) is 2.18. The smallest absolute Gasteiger partial charge is 0.149 e. The van der Waals surface area contributed by atoms with Gasteiger partial charge in [0.1, 0.15) is 11.6 Å². The summed E-state index contributed by atoms with van der Waals surface area (Å²) in [6.45, 7) is 7.58. The van der Waals surface area contributed by atoms with Crippen molar-refractivity contribution >= 4 is 0 Å². The zero-order valence-electron chi connectivity index (χ0n) is 9.36. The normalized spacial score (nSPS) is 20.3. The van der Waals surface area contributed by atoms with Gasteiger partial charge in [0.2, 0.25) is 0 Å².